The predicted octanol–water partition coefficient (Wildman–Crippen LogP) is 1.37. The number of hydrogen-bond acceptors (Lipinski definition) is 9. The Bertz CT molecular complexity index is 1110. The van der Waals surface area contributed by atoms with Crippen molar-refractivity contribution in [2.45, 2.75) is 44.7 Å². The van der Waals surface area contributed by atoms with Crippen molar-refractivity contribution in [3.8, 4) is 11.5 Å². The molecule has 2 aromatic rings. The first-order valence-electron chi connectivity index (χ1n) is 12.1. The zero-order valence-electron chi connectivity index (χ0n) is 21.3. The minimum Gasteiger partial charge on any atom is -0.493 e. The number of amides is 2. The number of nitrogens with one attached hydrogen (secondary N) is 1. The molecule has 3 unspecified atom stereocenters. The third-order valence-corrected chi connectivity index (χ3v) is 6.82. The summed E-state index contributed by atoms with van der Waals surface area (Å²) in [6.45, 7) is 1.64. The van der Waals surface area contributed by atoms with Crippen LogP contribution < -0.4 is 14.8 Å². The van der Waals surface area contributed by atoms with Crippen LogP contribution in [-0.2, 0) is 27.5 Å². The number of ether oxygens (including phenoxy) is 3. The maximum Gasteiger partial charge on any atom is 0.249 e. The van der Waals surface area contributed by atoms with Crippen molar-refractivity contribution in [2.24, 2.45) is 0 Å². The van der Waals surface area contributed by atoms with Crippen molar-refractivity contribution in [2.75, 3.05) is 33.5 Å². The molecule has 12 heteroatoms. The molecule has 0 radical (unpaired) electrons. The van der Waals surface area contributed by atoms with E-state index in [1.165, 1.54) is 30.6 Å². The van der Waals surface area contributed by atoms with E-state index in [-0.39, 0.29) is 45.2 Å². The monoisotopic (exact) mass is 644 g/mol. The van der Waals surface area contributed by atoms with Gasteiger partial charge in [-0.05, 0) is 59.4 Å². The van der Waals surface area contributed by atoms with Gasteiger partial charge in [0.15, 0.2) is 11.5 Å². The van der Waals surface area contributed by atoms with Crippen molar-refractivity contribution in [1.82, 2.24) is 10.2 Å². The quantitative estimate of drug-likeness (QED) is 0.237. The summed E-state index contributed by atoms with van der Waals surface area (Å²) < 4.78 is 22.8. The Labute approximate surface area is 234 Å². The topological polar surface area (TPSA) is 151 Å². The zero-order valence-corrected chi connectivity index (χ0v) is 23.4. The highest BCUT2D eigenvalue weighted by atomic mass is 127. The van der Waals surface area contributed by atoms with Gasteiger partial charge in [-0.2, -0.15) is 0 Å². The number of nitrogens with zero attached hydrogens (tertiary/aromatic N) is 1. The normalized spacial score (nSPS) is 19.0. The van der Waals surface area contributed by atoms with Crippen molar-refractivity contribution >= 4 is 34.4 Å². The molecule has 1 aliphatic rings. The molecule has 0 bridgehead atoms. The average Bonchev–Trinajstić information content (AvgIpc) is 3.44. The van der Waals surface area contributed by atoms with Crippen LogP contribution in [0.4, 0.5) is 0 Å². The molecule has 38 heavy (non-hydrogen) atoms. The summed E-state index contributed by atoms with van der Waals surface area (Å²) in [5, 5.41) is 32.9. The van der Waals surface area contributed by atoms with Gasteiger partial charge >= 0.3 is 0 Å². The molecule has 1 aliphatic carbocycles. The molecule has 3 rings (SSSR count). The van der Waals surface area contributed by atoms with Crippen LogP contribution in [0.1, 0.15) is 24.5 Å². The summed E-state index contributed by atoms with van der Waals surface area (Å²) in [4.78, 5) is 27.6. The minimum absolute atomic E-state index is 0.0469. The summed E-state index contributed by atoms with van der Waals surface area (Å²) in [6, 6.07) is 4.22. The van der Waals surface area contributed by atoms with Gasteiger partial charge in [-0.1, -0.05) is 0 Å². The van der Waals surface area contributed by atoms with E-state index in [1.54, 1.807) is 25.1 Å². The first kappa shape index (κ1) is 29.9. The standard InChI is InChI=1S/C26H33IN2O9/c1-3-36-15-23(32)29(12-16-4-7-37-14-16)20-10-18(26(34)28-5-6-30)11-21(24(20)33)38-25-19(27)8-17(13-31)9-22(25)35-2/h4,7-9,11,14,20-21,24,30-31,33H,3,5-6,10,12-13,15H2,1-2H3,(H,28,34). The molecule has 0 fully saturated rings. The third kappa shape index (κ3) is 7.47. The Kier molecular flexibility index (Phi) is 11.4. The molecule has 3 atom stereocenters. The number of carbonyl (C=O) groups excluding carboxylic acids is 2. The summed E-state index contributed by atoms with van der Waals surface area (Å²) in [6.07, 6.45) is 2.31. The highest BCUT2D eigenvalue weighted by Gasteiger charge is 2.41. The van der Waals surface area contributed by atoms with Gasteiger partial charge in [0.25, 0.3) is 0 Å². The van der Waals surface area contributed by atoms with Crippen molar-refractivity contribution in [1.29, 1.82) is 0 Å². The minimum atomic E-state index is -1.22. The molecule has 0 aliphatic heterocycles. The first-order chi connectivity index (χ1) is 18.3. The summed E-state index contributed by atoms with van der Waals surface area (Å²) in [7, 11) is 1.46. The molecule has 208 valence electrons. The third-order valence-electron chi connectivity index (χ3n) is 6.02. The van der Waals surface area contributed by atoms with Gasteiger partial charge in [0.1, 0.15) is 18.8 Å². The largest absolute Gasteiger partial charge is 0.493 e. The molecule has 2 amide bonds. The van der Waals surface area contributed by atoms with Crippen LogP contribution in [0.15, 0.2) is 46.8 Å². The van der Waals surface area contributed by atoms with Gasteiger partial charge in [0.2, 0.25) is 11.8 Å². The van der Waals surface area contributed by atoms with E-state index >= 15 is 0 Å². The summed E-state index contributed by atoms with van der Waals surface area (Å²) in [5.41, 5.74) is 1.62. The van der Waals surface area contributed by atoms with Gasteiger partial charge < -0.3 is 44.2 Å². The number of hydrogen-bond donors (Lipinski definition) is 4. The summed E-state index contributed by atoms with van der Waals surface area (Å²) in [5.74, 6) is -0.143. The van der Waals surface area contributed by atoms with E-state index in [2.05, 4.69) is 5.32 Å². The number of carbonyl (C=O) groups is 2. The smallest absolute Gasteiger partial charge is 0.249 e. The number of furan rings is 1. The molecular formula is C26H33IN2O9. The van der Waals surface area contributed by atoms with Crippen LogP contribution in [-0.4, -0.2) is 83.8 Å². The molecule has 0 saturated heterocycles. The highest BCUT2D eigenvalue weighted by molar-refractivity contribution is 14.1. The lowest BCUT2D eigenvalue weighted by Crippen LogP contribution is -2.55. The molecule has 11 nitrogen and oxygen atoms in total. The lowest BCUT2D eigenvalue weighted by atomic mass is 9.88. The lowest BCUT2D eigenvalue weighted by molar-refractivity contribution is -0.144. The van der Waals surface area contributed by atoms with E-state index in [4.69, 9.17) is 23.7 Å². The fourth-order valence-electron chi connectivity index (χ4n) is 4.14. The number of methoxy groups -OCH3 is 1. The second-order valence-electron chi connectivity index (χ2n) is 8.57. The Morgan fingerprint density at radius 3 is 2.68 bits per heavy atom. The average molecular weight is 644 g/mol. The van der Waals surface area contributed by atoms with Gasteiger partial charge in [0.05, 0.1) is 42.5 Å². The highest BCUT2D eigenvalue weighted by Crippen LogP contribution is 2.37. The van der Waals surface area contributed by atoms with Crippen molar-refractivity contribution < 1.29 is 43.5 Å². The van der Waals surface area contributed by atoms with Gasteiger partial charge in [-0.15, -0.1) is 0 Å². The Morgan fingerprint density at radius 2 is 2.05 bits per heavy atom. The van der Waals surface area contributed by atoms with Crippen LogP contribution in [0.5, 0.6) is 11.5 Å². The van der Waals surface area contributed by atoms with Crippen LogP contribution in [0.2, 0.25) is 0 Å². The van der Waals surface area contributed by atoms with E-state index in [0.29, 0.717) is 38.4 Å². The molecule has 1 heterocycles. The van der Waals surface area contributed by atoms with Crippen LogP contribution >= 0.6 is 22.6 Å². The lowest BCUT2D eigenvalue weighted by Gasteiger charge is -2.40. The Hall–Kier alpha value is -2.65. The first-order valence-corrected chi connectivity index (χ1v) is 13.2. The van der Waals surface area contributed by atoms with Crippen LogP contribution in [0.3, 0.4) is 0 Å². The molecule has 0 spiro atoms. The Balaban J connectivity index is 2.00. The molecule has 4 N–H and O–H groups in total. The van der Waals surface area contributed by atoms with Gasteiger partial charge in [0, 0.05) is 37.3 Å². The fraction of sp³-hybridized carbons (Fsp3) is 0.462. The fourth-order valence-corrected chi connectivity index (χ4v) is 4.93. The SMILES string of the molecule is CCOCC(=O)N(Cc1ccoc1)C1CC(C(=O)NCCO)=CC(Oc2c(I)cc(CO)cc2OC)C1O. The number of benzene rings is 1. The second-order valence-corrected chi connectivity index (χ2v) is 9.74. The van der Waals surface area contributed by atoms with Crippen molar-refractivity contribution in [3.63, 3.8) is 0 Å². The maximum atomic E-state index is 13.2. The van der Waals surface area contributed by atoms with Crippen LogP contribution in [0, 0.1) is 3.57 Å². The van der Waals surface area contributed by atoms with Gasteiger partial charge in [-0.3, -0.25) is 9.59 Å². The predicted molar refractivity (Wildman–Crippen MR) is 144 cm³/mol. The van der Waals surface area contributed by atoms with E-state index in [0.717, 1.165) is 0 Å². The van der Waals surface area contributed by atoms with Crippen molar-refractivity contribution in [3.05, 3.63) is 57.1 Å². The second kappa shape index (κ2) is 14.5. The molecule has 1 aromatic heterocycles. The van der Waals surface area contributed by atoms with E-state index < -0.39 is 24.2 Å². The number of aliphatic hydroxyl groups is 3. The van der Waals surface area contributed by atoms with Gasteiger partial charge in [-0.25, -0.2) is 0 Å². The number of aliphatic hydroxyl groups excluding tert-OH is 3. The molecular weight excluding hydrogens is 611 g/mol. The van der Waals surface area contributed by atoms with Crippen LogP contribution in [0.25, 0.3) is 0 Å². The summed E-state index contributed by atoms with van der Waals surface area (Å²) >= 11 is 2.04. The zero-order chi connectivity index (χ0) is 27.7. The number of halogens is 1. The number of rotatable bonds is 13. The Morgan fingerprint density at radius 1 is 1.26 bits per heavy atom. The van der Waals surface area contributed by atoms with E-state index in [9.17, 15) is 19.8 Å². The molecule has 0 saturated carbocycles. The molecule has 1 aromatic carbocycles. The van der Waals surface area contributed by atoms with E-state index in [1.807, 2.05) is 22.6 Å². The maximum absolute atomic E-state index is 13.2.